The third-order valence-electron chi connectivity index (χ3n) is 4.60. The van der Waals surface area contributed by atoms with E-state index >= 15 is 0 Å². The van der Waals surface area contributed by atoms with Crippen molar-refractivity contribution in [1.29, 1.82) is 0 Å². The van der Waals surface area contributed by atoms with Crippen LogP contribution >= 0.6 is 0 Å². The molecule has 0 saturated carbocycles. The third kappa shape index (κ3) is 6.00. The summed E-state index contributed by atoms with van der Waals surface area (Å²) < 4.78 is 45.5. The number of alkyl halides is 3. The Kier molecular flexibility index (Phi) is 7.34. The summed E-state index contributed by atoms with van der Waals surface area (Å²) in [7, 11) is 0. The van der Waals surface area contributed by atoms with Gasteiger partial charge < -0.3 is 15.4 Å². The minimum absolute atomic E-state index is 0.0228. The maximum absolute atomic E-state index is 13.1. The minimum Gasteiger partial charge on any atom is -0.494 e. The molecule has 0 aliphatic carbocycles. The minimum atomic E-state index is -4.57. The van der Waals surface area contributed by atoms with Crippen LogP contribution in [0, 0.1) is 6.92 Å². The van der Waals surface area contributed by atoms with Crippen LogP contribution in [0.4, 0.5) is 18.9 Å². The van der Waals surface area contributed by atoms with Gasteiger partial charge in [0.25, 0.3) is 5.91 Å². The van der Waals surface area contributed by atoms with E-state index in [0.717, 1.165) is 22.9 Å². The lowest BCUT2D eigenvalue weighted by Crippen LogP contribution is -2.36. The van der Waals surface area contributed by atoms with Gasteiger partial charge in [-0.2, -0.15) is 18.3 Å². The number of anilines is 1. The summed E-state index contributed by atoms with van der Waals surface area (Å²) in [6.45, 7) is 3.36. The van der Waals surface area contributed by atoms with Crippen molar-refractivity contribution >= 4 is 17.5 Å². The van der Waals surface area contributed by atoms with E-state index in [1.54, 1.807) is 24.3 Å². The van der Waals surface area contributed by atoms with Crippen molar-refractivity contribution in [3.05, 3.63) is 81.8 Å². The molecule has 2 amide bonds. The summed E-state index contributed by atoms with van der Waals surface area (Å²) in [6.07, 6.45) is -4.57. The lowest BCUT2D eigenvalue weighted by molar-refractivity contribution is -0.137. The van der Waals surface area contributed by atoms with E-state index in [1.165, 1.54) is 19.1 Å². The van der Waals surface area contributed by atoms with Crippen LogP contribution in [0.5, 0.6) is 5.75 Å². The van der Waals surface area contributed by atoms with E-state index in [0.29, 0.717) is 18.0 Å². The Labute approximate surface area is 192 Å². The van der Waals surface area contributed by atoms with Crippen LogP contribution in [0.1, 0.15) is 28.7 Å². The molecule has 3 aromatic rings. The maximum Gasteiger partial charge on any atom is 0.416 e. The Morgan fingerprint density at radius 2 is 1.79 bits per heavy atom. The molecule has 1 aromatic heterocycles. The molecule has 11 heteroatoms. The molecule has 2 aromatic carbocycles. The van der Waals surface area contributed by atoms with Crippen LogP contribution in [0.2, 0.25) is 0 Å². The summed E-state index contributed by atoms with van der Waals surface area (Å²) in [6, 6.07) is 12.0. The van der Waals surface area contributed by atoms with Crippen molar-refractivity contribution in [2.75, 3.05) is 18.5 Å². The Morgan fingerprint density at radius 1 is 1.09 bits per heavy atom. The topological polar surface area (TPSA) is 102 Å². The number of amides is 2. The van der Waals surface area contributed by atoms with Gasteiger partial charge in [0.2, 0.25) is 11.3 Å². The van der Waals surface area contributed by atoms with Crippen molar-refractivity contribution in [3.63, 3.8) is 0 Å². The second-order valence-electron chi connectivity index (χ2n) is 7.15. The van der Waals surface area contributed by atoms with Crippen molar-refractivity contribution in [1.82, 2.24) is 15.1 Å². The highest BCUT2D eigenvalue weighted by molar-refractivity contribution is 5.98. The first kappa shape index (κ1) is 24.5. The Hall–Kier alpha value is -4.15. The predicted octanol–water partition coefficient (Wildman–Crippen LogP) is 3.33. The molecule has 0 radical (unpaired) electrons. The van der Waals surface area contributed by atoms with Gasteiger partial charge in [-0.05, 0) is 56.3 Å². The molecule has 0 aliphatic rings. The number of hydrogen-bond acceptors (Lipinski definition) is 5. The molecule has 0 spiro atoms. The number of hydrogen-bond donors (Lipinski definition) is 2. The first-order chi connectivity index (χ1) is 16.1. The number of benzene rings is 2. The fourth-order valence-electron chi connectivity index (χ4n) is 3.03. The van der Waals surface area contributed by atoms with Crippen molar-refractivity contribution in [2.24, 2.45) is 0 Å². The zero-order valence-electron chi connectivity index (χ0n) is 18.3. The number of nitrogens with zero attached hydrogens (tertiary/aromatic N) is 2. The number of nitrogens with one attached hydrogen (secondary N) is 2. The maximum atomic E-state index is 13.1. The lowest BCUT2D eigenvalue weighted by atomic mass is 10.2. The average Bonchev–Trinajstić information content (AvgIpc) is 2.78. The molecule has 178 valence electrons. The number of aromatic nitrogens is 2. The van der Waals surface area contributed by atoms with E-state index in [1.807, 2.05) is 6.92 Å². The number of halogens is 3. The van der Waals surface area contributed by atoms with Gasteiger partial charge in [-0.25, -0.2) is 4.68 Å². The normalized spacial score (nSPS) is 11.1. The van der Waals surface area contributed by atoms with Gasteiger partial charge in [0.15, 0.2) is 5.69 Å². The Balaban J connectivity index is 1.73. The summed E-state index contributed by atoms with van der Waals surface area (Å²) >= 11 is 0. The second kappa shape index (κ2) is 10.2. The van der Waals surface area contributed by atoms with Crippen LogP contribution in [0.15, 0.2) is 59.4 Å². The highest BCUT2D eigenvalue weighted by Gasteiger charge is 2.30. The van der Waals surface area contributed by atoms with Crippen molar-refractivity contribution < 1.29 is 27.5 Å². The first-order valence-corrected chi connectivity index (χ1v) is 10.2. The number of carbonyl (C=O) groups is 2. The number of rotatable bonds is 7. The Morgan fingerprint density at radius 3 is 2.44 bits per heavy atom. The molecule has 1 heterocycles. The summed E-state index contributed by atoms with van der Waals surface area (Å²) in [5, 5.41) is 8.81. The molecule has 0 unspecified atom stereocenters. The molecule has 0 fully saturated rings. The van der Waals surface area contributed by atoms with Crippen molar-refractivity contribution in [3.8, 4) is 11.4 Å². The zero-order valence-corrected chi connectivity index (χ0v) is 18.3. The van der Waals surface area contributed by atoms with E-state index in [-0.39, 0.29) is 11.4 Å². The number of carbonyl (C=O) groups excluding carboxylic acids is 2. The molecule has 0 aliphatic heterocycles. The van der Waals surface area contributed by atoms with Crippen molar-refractivity contribution in [2.45, 2.75) is 20.0 Å². The third-order valence-corrected chi connectivity index (χ3v) is 4.60. The molecule has 0 saturated heterocycles. The zero-order chi connectivity index (χ0) is 24.9. The van der Waals surface area contributed by atoms with Gasteiger partial charge in [0.05, 0.1) is 24.4 Å². The van der Waals surface area contributed by atoms with Crippen LogP contribution in [-0.2, 0) is 11.0 Å². The van der Waals surface area contributed by atoms with E-state index < -0.39 is 41.2 Å². The average molecular weight is 474 g/mol. The first-order valence-electron chi connectivity index (χ1n) is 10.2. The van der Waals surface area contributed by atoms with E-state index in [4.69, 9.17) is 4.74 Å². The highest BCUT2D eigenvalue weighted by atomic mass is 19.4. The predicted molar refractivity (Wildman–Crippen MR) is 118 cm³/mol. The molecular formula is C23H21F3N4O4. The van der Waals surface area contributed by atoms with Crippen LogP contribution in [0.25, 0.3) is 5.69 Å². The molecular weight excluding hydrogens is 453 g/mol. The molecule has 0 atom stereocenters. The standard InChI is InChI=1S/C23H21F3N4O4/c1-3-34-18-9-7-16(8-10-18)28-20(32)13-27-22(33)21-19(31)11-14(2)30(29-21)17-6-4-5-15(12-17)23(24,25)26/h4-12H,3,13H2,1-2H3,(H,27,33)(H,28,32). The van der Waals surface area contributed by atoms with Crippen LogP contribution < -0.4 is 20.8 Å². The SMILES string of the molecule is CCOc1ccc(NC(=O)CNC(=O)c2nn(-c3cccc(C(F)(F)F)c3)c(C)cc2=O)cc1. The summed E-state index contributed by atoms with van der Waals surface area (Å²) in [5.41, 5.74) is -1.46. The quantitative estimate of drug-likeness (QED) is 0.547. The fourth-order valence-corrected chi connectivity index (χ4v) is 3.03. The molecule has 3 rings (SSSR count). The van der Waals surface area contributed by atoms with Gasteiger partial charge in [0, 0.05) is 17.4 Å². The highest BCUT2D eigenvalue weighted by Crippen LogP contribution is 2.30. The summed E-state index contributed by atoms with van der Waals surface area (Å²) in [5.74, 6) is -0.855. The van der Waals surface area contributed by atoms with E-state index in [2.05, 4.69) is 15.7 Å². The lowest BCUT2D eigenvalue weighted by Gasteiger charge is -2.13. The van der Waals surface area contributed by atoms with E-state index in [9.17, 15) is 27.6 Å². The van der Waals surface area contributed by atoms with Gasteiger partial charge in [0.1, 0.15) is 5.75 Å². The molecule has 34 heavy (non-hydrogen) atoms. The van der Waals surface area contributed by atoms with Crippen LogP contribution in [0.3, 0.4) is 0 Å². The molecule has 8 nitrogen and oxygen atoms in total. The largest absolute Gasteiger partial charge is 0.494 e. The number of ether oxygens (including phenoxy) is 1. The fraction of sp³-hybridized carbons (Fsp3) is 0.217. The smallest absolute Gasteiger partial charge is 0.416 e. The van der Waals surface area contributed by atoms with Gasteiger partial charge in [-0.15, -0.1) is 0 Å². The van der Waals surface area contributed by atoms with Gasteiger partial charge >= 0.3 is 6.18 Å². The van der Waals surface area contributed by atoms with Crippen LogP contribution in [-0.4, -0.2) is 34.7 Å². The van der Waals surface area contributed by atoms with Gasteiger partial charge in [-0.1, -0.05) is 6.07 Å². The van der Waals surface area contributed by atoms with Gasteiger partial charge in [-0.3, -0.25) is 14.4 Å². The molecule has 2 N–H and O–H groups in total. The summed E-state index contributed by atoms with van der Waals surface area (Å²) in [4.78, 5) is 36.9. The second-order valence-corrected chi connectivity index (χ2v) is 7.15. The Bertz CT molecular complexity index is 1250. The monoisotopic (exact) mass is 474 g/mol. The number of aryl methyl sites for hydroxylation is 1. The molecule has 0 bridgehead atoms.